The molecule has 3 amide bonds. The molecule has 1 fully saturated rings. The molecule has 3 rings (SSSR count). The van der Waals surface area contributed by atoms with Gasteiger partial charge in [-0.1, -0.05) is 15.9 Å². The molecule has 0 aliphatic carbocycles. The van der Waals surface area contributed by atoms with Gasteiger partial charge in [-0.2, -0.15) is 0 Å². The summed E-state index contributed by atoms with van der Waals surface area (Å²) in [6, 6.07) is 3.09. The van der Waals surface area contributed by atoms with Gasteiger partial charge in [-0.25, -0.2) is 0 Å². The molecule has 0 radical (unpaired) electrons. The van der Waals surface area contributed by atoms with E-state index in [1.165, 1.54) is 4.90 Å². The fourth-order valence-corrected chi connectivity index (χ4v) is 3.59. The van der Waals surface area contributed by atoms with E-state index in [0.29, 0.717) is 18.5 Å². The maximum Gasteiger partial charge on any atom is 0.256 e. The highest BCUT2D eigenvalue weighted by Crippen LogP contribution is 2.36. The molecule has 5 nitrogen and oxygen atoms in total. The Balaban J connectivity index is 1.94. The number of benzene rings is 1. The van der Waals surface area contributed by atoms with Gasteiger partial charge in [0.15, 0.2) is 0 Å². The smallest absolute Gasteiger partial charge is 0.256 e. The van der Waals surface area contributed by atoms with Crippen LogP contribution in [-0.4, -0.2) is 28.7 Å². The lowest BCUT2D eigenvalue weighted by atomic mass is 10.0. The Kier molecular flexibility index (Phi) is 3.41. The number of fused-ring (bicyclic) bond motifs is 1. The number of hydrogen-bond donors (Lipinski definition) is 1. The summed E-state index contributed by atoms with van der Waals surface area (Å²) in [5.74, 6) is -0.852. The number of hydrogen-bond acceptors (Lipinski definition) is 3. The lowest BCUT2D eigenvalue weighted by Crippen LogP contribution is -2.52. The van der Waals surface area contributed by atoms with Crippen LogP contribution in [0.1, 0.15) is 28.8 Å². The predicted molar refractivity (Wildman–Crippen MR) is 77.9 cm³/mol. The molecule has 1 N–H and O–H groups in total. The third-order valence-electron chi connectivity index (χ3n) is 3.59. The van der Waals surface area contributed by atoms with Crippen LogP contribution in [0.15, 0.2) is 21.1 Å². The zero-order valence-electron chi connectivity index (χ0n) is 10.3. The third kappa shape index (κ3) is 2.09. The average Bonchev–Trinajstić information content (AvgIpc) is 2.73. The molecule has 0 bridgehead atoms. The minimum atomic E-state index is -0.577. The van der Waals surface area contributed by atoms with Gasteiger partial charge in [0.2, 0.25) is 11.8 Å². The summed E-state index contributed by atoms with van der Waals surface area (Å²) >= 11 is 6.81. The summed E-state index contributed by atoms with van der Waals surface area (Å²) < 4.78 is 1.56. The Hall–Kier alpha value is -1.21. The molecule has 7 heteroatoms. The van der Waals surface area contributed by atoms with Gasteiger partial charge in [-0.15, -0.1) is 0 Å². The zero-order valence-corrected chi connectivity index (χ0v) is 13.5. The Bertz CT molecular complexity index is 645. The molecule has 0 aromatic heterocycles. The first kappa shape index (κ1) is 13.8. The molecule has 20 heavy (non-hydrogen) atoms. The molecular weight excluding hydrogens is 392 g/mol. The van der Waals surface area contributed by atoms with Crippen LogP contribution in [0.2, 0.25) is 0 Å². The minimum absolute atomic E-state index is 0.178. The number of nitrogens with one attached hydrogen (secondary N) is 1. The van der Waals surface area contributed by atoms with E-state index in [-0.39, 0.29) is 18.2 Å². The highest BCUT2D eigenvalue weighted by atomic mass is 79.9. The van der Waals surface area contributed by atoms with E-state index < -0.39 is 11.9 Å². The van der Waals surface area contributed by atoms with Crippen molar-refractivity contribution in [3.63, 3.8) is 0 Å². The van der Waals surface area contributed by atoms with Crippen LogP contribution in [0, 0.1) is 0 Å². The minimum Gasteiger partial charge on any atom is -0.322 e. The molecule has 1 saturated heterocycles. The normalized spacial score (nSPS) is 22.0. The van der Waals surface area contributed by atoms with Gasteiger partial charge >= 0.3 is 0 Å². The standard InChI is InChI=1S/C13H10Br2N2O3/c14-7-1-2-8(15)11-6(7)5-17(13(11)20)9-3-4-10(18)16-12(9)19/h1-2,9H,3-5H2,(H,16,18,19). The summed E-state index contributed by atoms with van der Waals surface area (Å²) in [6.07, 6.45) is 0.637. The molecule has 104 valence electrons. The van der Waals surface area contributed by atoms with Crippen molar-refractivity contribution in [2.45, 2.75) is 25.4 Å². The zero-order chi connectivity index (χ0) is 14.4. The van der Waals surface area contributed by atoms with Crippen molar-refractivity contribution in [2.75, 3.05) is 0 Å². The summed E-state index contributed by atoms with van der Waals surface area (Å²) in [5, 5.41) is 2.29. The van der Waals surface area contributed by atoms with Crippen molar-refractivity contribution in [2.24, 2.45) is 0 Å². The van der Waals surface area contributed by atoms with Crippen LogP contribution in [0.25, 0.3) is 0 Å². The number of amides is 3. The molecule has 2 aliphatic rings. The van der Waals surface area contributed by atoms with E-state index >= 15 is 0 Å². The average molecular weight is 402 g/mol. The van der Waals surface area contributed by atoms with Gasteiger partial charge in [0, 0.05) is 21.9 Å². The quantitative estimate of drug-likeness (QED) is 0.731. The van der Waals surface area contributed by atoms with Crippen molar-refractivity contribution in [3.05, 3.63) is 32.2 Å². The Morgan fingerprint density at radius 3 is 2.50 bits per heavy atom. The lowest BCUT2D eigenvalue weighted by Gasteiger charge is -2.29. The van der Waals surface area contributed by atoms with Gasteiger partial charge in [-0.3, -0.25) is 19.7 Å². The largest absolute Gasteiger partial charge is 0.322 e. The van der Waals surface area contributed by atoms with Gasteiger partial charge < -0.3 is 4.90 Å². The molecule has 2 aliphatic heterocycles. The number of imide groups is 1. The Labute approximate surface area is 132 Å². The summed E-state index contributed by atoms with van der Waals surface area (Å²) in [7, 11) is 0. The van der Waals surface area contributed by atoms with Crippen LogP contribution < -0.4 is 5.32 Å². The highest BCUT2D eigenvalue weighted by molar-refractivity contribution is 9.11. The summed E-state index contributed by atoms with van der Waals surface area (Å²) in [5.41, 5.74) is 1.46. The highest BCUT2D eigenvalue weighted by Gasteiger charge is 2.40. The second-order valence-electron chi connectivity index (χ2n) is 4.78. The van der Waals surface area contributed by atoms with Crippen molar-refractivity contribution >= 4 is 49.6 Å². The number of nitrogens with zero attached hydrogens (tertiary/aromatic N) is 1. The third-order valence-corrected chi connectivity index (χ3v) is 5.00. The number of rotatable bonds is 1. The monoisotopic (exact) mass is 400 g/mol. The molecule has 0 saturated carbocycles. The van der Waals surface area contributed by atoms with Crippen LogP contribution in [0.3, 0.4) is 0 Å². The predicted octanol–water partition coefficient (Wildman–Crippen LogP) is 1.97. The van der Waals surface area contributed by atoms with E-state index in [4.69, 9.17) is 0 Å². The van der Waals surface area contributed by atoms with Crippen LogP contribution in [0.5, 0.6) is 0 Å². The van der Waals surface area contributed by atoms with Gasteiger partial charge in [0.25, 0.3) is 5.91 Å². The van der Waals surface area contributed by atoms with E-state index in [2.05, 4.69) is 37.2 Å². The van der Waals surface area contributed by atoms with E-state index in [0.717, 1.165) is 14.5 Å². The molecule has 2 heterocycles. The van der Waals surface area contributed by atoms with Crippen molar-refractivity contribution < 1.29 is 14.4 Å². The summed E-state index contributed by atoms with van der Waals surface area (Å²) in [4.78, 5) is 37.1. The number of piperidine rings is 1. The molecule has 1 atom stereocenters. The fraction of sp³-hybridized carbons (Fsp3) is 0.308. The Morgan fingerprint density at radius 2 is 1.85 bits per heavy atom. The maximum atomic E-state index is 12.5. The van der Waals surface area contributed by atoms with E-state index in [9.17, 15) is 14.4 Å². The van der Waals surface area contributed by atoms with Crippen LogP contribution in [-0.2, 0) is 16.1 Å². The first-order chi connectivity index (χ1) is 9.49. The van der Waals surface area contributed by atoms with Crippen LogP contribution >= 0.6 is 31.9 Å². The topological polar surface area (TPSA) is 66.5 Å². The van der Waals surface area contributed by atoms with Gasteiger partial charge in [0.05, 0.1) is 5.56 Å². The van der Waals surface area contributed by atoms with Gasteiger partial charge in [-0.05, 0) is 40.0 Å². The second kappa shape index (κ2) is 4.96. The SMILES string of the molecule is O=C1CCC(N2Cc3c(Br)ccc(Br)c3C2=O)C(=O)N1. The molecule has 1 aromatic carbocycles. The van der Waals surface area contributed by atoms with Crippen molar-refractivity contribution in [1.82, 2.24) is 10.2 Å². The Morgan fingerprint density at radius 1 is 1.15 bits per heavy atom. The van der Waals surface area contributed by atoms with E-state index in [1.807, 2.05) is 6.07 Å². The van der Waals surface area contributed by atoms with Crippen molar-refractivity contribution in [3.8, 4) is 0 Å². The number of carbonyl (C=O) groups excluding carboxylic acids is 3. The maximum absolute atomic E-state index is 12.5. The van der Waals surface area contributed by atoms with Crippen molar-refractivity contribution in [1.29, 1.82) is 0 Å². The first-order valence-corrected chi connectivity index (χ1v) is 7.69. The fourth-order valence-electron chi connectivity index (χ4n) is 2.60. The van der Waals surface area contributed by atoms with Crippen LogP contribution in [0.4, 0.5) is 0 Å². The lowest BCUT2D eigenvalue weighted by molar-refractivity contribution is -0.136. The number of halogens is 2. The molecule has 1 unspecified atom stereocenters. The van der Waals surface area contributed by atoms with E-state index in [1.54, 1.807) is 6.07 Å². The molecule has 0 spiro atoms. The summed E-state index contributed by atoms with van der Waals surface area (Å²) in [6.45, 7) is 0.375. The molecular formula is C13H10Br2N2O3. The first-order valence-electron chi connectivity index (χ1n) is 6.10. The van der Waals surface area contributed by atoms with Gasteiger partial charge in [0.1, 0.15) is 6.04 Å². The molecule has 1 aromatic rings. The second-order valence-corrected chi connectivity index (χ2v) is 6.49. The number of carbonyl (C=O) groups is 3.